The molecule has 0 unspecified atom stereocenters. The van der Waals surface area contributed by atoms with E-state index >= 15 is 0 Å². The Labute approximate surface area is 209 Å². The predicted octanol–water partition coefficient (Wildman–Crippen LogP) is 3.36. The summed E-state index contributed by atoms with van der Waals surface area (Å²) >= 11 is 7.47. The van der Waals surface area contributed by atoms with Crippen LogP contribution in [0, 0.1) is 18.8 Å². The second-order valence-electron chi connectivity index (χ2n) is 9.45. The van der Waals surface area contributed by atoms with Crippen molar-refractivity contribution >= 4 is 42.4 Å². The van der Waals surface area contributed by atoms with E-state index in [0.717, 1.165) is 19.3 Å². The van der Waals surface area contributed by atoms with Gasteiger partial charge in [-0.3, -0.25) is 14.3 Å². The zero-order valence-electron chi connectivity index (χ0n) is 19.3. The van der Waals surface area contributed by atoms with Gasteiger partial charge >= 0.3 is 5.69 Å². The molecule has 3 heterocycles. The second kappa shape index (κ2) is 9.93. The molecule has 1 aromatic heterocycles. The fraction of sp³-hybridized carbons (Fsp3) is 0.714. The quantitative estimate of drug-likeness (QED) is 0.436. The van der Waals surface area contributed by atoms with Gasteiger partial charge in [0.1, 0.15) is 6.10 Å². The Morgan fingerprint density at radius 2 is 2.21 bits per heavy atom. The van der Waals surface area contributed by atoms with Crippen LogP contribution in [0.1, 0.15) is 51.8 Å². The SMILES string of the molecule is C=C(C)[C@@H]1CC[C@]2(C)S[P@@](=S)(OC[C@H]3O[C@@H](n4cc(C)c(=O)[nH]c4=O)[C@H](O)[C@@H]3C)O[C@H]2C1.S. The van der Waals surface area contributed by atoms with Gasteiger partial charge in [0, 0.05) is 22.4 Å². The van der Waals surface area contributed by atoms with Crippen molar-refractivity contribution in [2.24, 2.45) is 11.8 Å². The van der Waals surface area contributed by atoms with E-state index < -0.39 is 35.4 Å². The summed E-state index contributed by atoms with van der Waals surface area (Å²) in [6, 6.07) is 0. The summed E-state index contributed by atoms with van der Waals surface area (Å²) in [6.07, 6.45) is 2.14. The number of hydrogen-bond donors (Lipinski definition) is 2. The molecule has 2 aliphatic heterocycles. The molecular formula is C21H33N2O6PS3. The molecule has 0 amide bonds. The summed E-state index contributed by atoms with van der Waals surface area (Å²) < 4.78 is 19.7. The lowest BCUT2D eigenvalue weighted by atomic mass is 9.77. The lowest BCUT2D eigenvalue weighted by molar-refractivity contribution is -0.0509. The van der Waals surface area contributed by atoms with Crippen LogP contribution in [0.5, 0.6) is 0 Å². The molecule has 4 rings (SSSR count). The summed E-state index contributed by atoms with van der Waals surface area (Å²) in [4.78, 5) is 26.2. The minimum atomic E-state index is -2.57. The molecule has 3 aliphatic rings. The van der Waals surface area contributed by atoms with Gasteiger partial charge in [-0.15, -0.1) is 0 Å². The number of aliphatic hydroxyl groups is 1. The number of aromatic nitrogens is 2. The van der Waals surface area contributed by atoms with Gasteiger partial charge in [-0.2, -0.15) is 13.5 Å². The fourth-order valence-corrected chi connectivity index (χ4v) is 11.8. The number of nitrogens with zero attached hydrogens (tertiary/aromatic N) is 1. The van der Waals surface area contributed by atoms with Gasteiger partial charge in [0.25, 0.3) is 5.56 Å². The van der Waals surface area contributed by atoms with E-state index in [1.54, 1.807) is 18.3 Å². The molecule has 186 valence electrons. The standard InChI is InChI=1S/C21H31N2O6PS2.H2S/c1-11(2)14-6-7-21(5)16(8-14)29-30(31,32-21)27-10-15-13(4)17(24)19(28-15)23-9-12(3)18(25)22-20(23)26;/h9,13-17,19,24H,1,6-8,10H2,2-5H3,(H,22,25,26);1H2/t13-,14-,15-,16+,17-,19-,21+,30+;/m1./s1. The zero-order chi connectivity index (χ0) is 23.4. The second-order valence-corrected chi connectivity index (χ2v) is 16.1. The van der Waals surface area contributed by atoms with Gasteiger partial charge in [-0.25, -0.2) is 4.79 Å². The van der Waals surface area contributed by atoms with E-state index in [-0.39, 0.29) is 36.9 Å². The Hall–Kier alpha value is -0.390. The number of hydrogen-bond acceptors (Lipinski definition) is 8. The Morgan fingerprint density at radius 1 is 1.52 bits per heavy atom. The van der Waals surface area contributed by atoms with Crippen molar-refractivity contribution < 1.29 is 18.9 Å². The van der Waals surface area contributed by atoms with Crippen LogP contribution in [0.3, 0.4) is 0 Å². The molecule has 1 saturated carbocycles. The van der Waals surface area contributed by atoms with Crippen LogP contribution in [0.15, 0.2) is 27.9 Å². The maximum Gasteiger partial charge on any atom is 0.330 e. The van der Waals surface area contributed by atoms with Crippen LogP contribution in [0.2, 0.25) is 0 Å². The van der Waals surface area contributed by atoms with Gasteiger partial charge in [0.15, 0.2) is 6.23 Å². The number of rotatable bonds is 5. The van der Waals surface area contributed by atoms with Crippen molar-refractivity contribution in [3.63, 3.8) is 0 Å². The van der Waals surface area contributed by atoms with Gasteiger partial charge in [0.05, 0.1) is 18.8 Å². The number of ether oxygens (including phenoxy) is 1. The normalized spacial score (nSPS) is 40.3. The van der Waals surface area contributed by atoms with Crippen LogP contribution in [0.4, 0.5) is 0 Å². The first-order valence-corrected chi connectivity index (χ1v) is 14.9. The molecule has 2 saturated heterocycles. The van der Waals surface area contributed by atoms with E-state index in [2.05, 4.69) is 25.4 Å². The Balaban J connectivity index is 0.00000306. The van der Waals surface area contributed by atoms with Crippen molar-refractivity contribution in [1.82, 2.24) is 9.55 Å². The first kappa shape index (κ1) is 27.2. The average molecular weight is 537 g/mol. The van der Waals surface area contributed by atoms with Crippen LogP contribution in [0.25, 0.3) is 0 Å². The molecule has 12 heteroatoms. The number of fused-ring (bicyclic) bond motifs is 1. The number of aryl methyl sites for hydroxylation is 1. The Bertz CT molecular complexity index is 1080. The highest BCUT2D eigenvalue weighted by Gasteiger charge is 2.54. The Morgan fingerprint density at radius 3 is 2.88 bits per heavy atom. The monoisotopic (exact) mass is 536 g/mol. The number of nitrogens with one attached hydrogen (secondary N) is 1. The molecule has 33 heavy (non-hydrogen) atoms. The molecule has 0 radical (unpaired) electrons. The summed E-state index contributed by atoms with van der Waals surface area (Å²) in [6.45, 7) is 12.0. The van der Waals surface area contributed by atoms with E-state index in [4.69, 9.17) is 25.6 Å². The zero-order valence-corrected chi connectivity index (χ0v) is 22.8. The van der Waals surface area contributed by atoms with Crippen LogP contribution >= 0.6 is 30.6 Å². The largest absolute Gasteiger partial charge is 0.388 e. The van der Waals surface area contributed by atoms with Crippen molar-refractivity contribution in [1.29, 1.82) is 0 Å². The van der Waals surface area contributed by atoms with Gasteiger partial charge in [-0.1, -0.05) is 30.5 Å². The summed E-state index contributed by atoms with van der Waals surface area (Å²) in [5, 5.41) is 10.7. The summed E-state index contributed by atoms with van der Waals surface area (Å²) in [5.74, 6) is 0.155. The first-order chi connectivity index (χ1) is 14.9. The maximum absolute atomic E-state index is 12.3. The summed E-state index contributed by atoms with van der Waals surface area (Å²) in [5.41, 5.74) is -2.10. The van der Waals surface area contributed by atoms with E-state index in [1.165, 1.54) is 16.3 Å². The molecule has 8 nitrogen and oxygen atoms in total. The van der Waals surface area contributed by atoms with Crippen molar-refractivity contribution in [2.45, 2.75) is 76.2 Å². The van der Waals surface area contributed by atoms with Crippen molar-refractivity contribution in [3.8, 4) is 0 Å². The fourth-order valence-electron chi connectivity index (χ4n) is 4.67. The van der Waals surface area contributed by atoms with Crippen LogP contribution < -0.4 is 11.2 Å². The maximum atomic E-state index is 12.3. The molecule has 0 bridgehead atoms. The number of aliphatic hydroxyl groups excluding tert-OH is 1. The smallest absolute Gasteiger partial charge is 0.330 e. The lowest BCUT2D eigenvalue weighted by Crippen LogP contribution is -2.39. The lowest BCUT2D eigenvalue weighted by Gasteiger charge is -2.37. The van der Waals surface area contributed by atoms with Crippen molar-refractivity contribution in [3.05, 3.63) is 44.8 Å². The van der Waals surface area contributed by atoms with Crippen LogP contribution in [-0.2, 0) is 25.6 Å². The molecule has 8 atom stereocenters. The summed E-state index contributed by atoms with van der Waals surface area (Å²) in [7, 11) is 0. The molecule has 0 aromatic carbocycles. The van der Waals surface area contributed by atoms with E-state index in [1.807, 2.05) is 6.92 Å². The predicted molar refractivity (Wildman–Crippen MR) is 139 cm³/mol. The molecule has 3 fully saturated rings. The molecule has 1 aromatic rings. The minimum absolute atomic E-state index is 0. The van der Waals surface area contributed by atoms with Crippen molar-refractivity contribution in [2.75, 3.05) is 6.61 Å². The molecule has 1 aliphatic carbocycles. The number of aromatic amines is 1. The average Bonchev–Trinajstić information content (AvgIpc) is 3.15. The third-order valence-electron chi connectivity index (χ3n) is 6.99. The number of H-pyrrole nitrogens is 1. The molecule has 0 spiro atoms. The van der Waals surface area contributed by atoms with Crippen LogP contribution in [-0.4, -0.2) is 44.3 Å². The number of allylic oxidation sites excluding steroid dienone is 1. The third-order valence-corrected chi connectivity index (χ3v) is 12.8. The third kappa shape index (κ3) is 5.26. The van der Waals surface area contributed by atoms with Gasteiger partial charge in [0.2, 0.25) is 5.69 Å². The topological polar surface area (TPSA) is 103 Å². The van der Waals surface area contributed by atoms with Gasteiger partial charge in [-0.05, 0) is 57.8 Å². The van der Waals surface area contributed by atoms with E-state index in [9.17, 15) is 14.7 Å². The molecule has 2 N–H and O–H groups in total. The highest BCUT2D eigenvalue weighted by atomic mass is 32.9. The highest BCUT2D eigenvalue weighted by Crippen LogP contribution is 2.75. The Kier molecular flexibility index (Phi) is 8.19. The minimum Gasteiger partial charge on any atom is -0.388 e. The van der Waals surface area contributed by atoms with E-state index in [0.29, 0.717) is 11.5 Å². The molecular weight excluding hydrogens is 503 g/mol. The highest BCUT2D eigenvalue weighted by molar-refractivity contribution is 8.68. The van der Waals surface area contributed by atoms with Gasteiger partial charge < -0.3 is 18.9 Å². The first-order valence-electron chi connectivity index (χ1n) is 10.9.